The number of carbonyl (C=O) groups excluding carboxylic acids is 1. The number of hydrogen-bond donors (Lipinski definition) is 1. The van der Waals surface area contributed by atoms with Gasteiger partial charge in [-0.25, -0.2) is 0 Å². The van der Waals surface area contributed by atoms with Crippen molar-refractivity contribution >= 4 is 23.3 Å². The predicted octanol–water partition coefficient (Wildman–Crippen LogP) is 5.28. The maximum atomic E-state index is 12.5. The summed E-state index contributed by atoms with van der Waals surface area (Å²) in [4.78, 5) is 13.5. The van der Waals surface area contributed by atoms with Crippen molar-refractivity contribution in [1.82, 2.24) is 5.32 Å². The summed E-state index contributed by atoms with van der Waals surface area (Å²) in [5.74, 6) is -0.182. The summed E-state index contributed by atoms with van der Waals surface area (Å²) in [6.07, 6.45) is 2.98. The Labute approximate surface area is 171 Å². The van der Waals surface area contributed by atoms with Gasteiger partial charge in [0.15, 0.2) is 11.5 Å². The fourth-order valence-corrected chi connectivity index (χ4v) is 3.57. The van der Waals surface area contributed by atoms with Gasteiger partial charge in [-0.2, -0.15) is 8.78 Å². The summed E-state index contributed by atoms with van der Waals surface area (Å²) in [6.45, 7) is -2.94. The number of carbonyl (C=O) groups is 1. The Hall–Kier alpha value is -3.19. The molecule has 0 saturated carbocycles. The van der Waals surface area contributed by atoms with Gasteiger partial charge in [0.25, 0.3) is 0 Å². The van der Waals surface area contributed by atoms with E-state index >= 15 is 0 Å². The molecule has 29 heavy (non-hydrogen) atoms. The van der Waals surface area contributed by atoms with Crippen molar-refractivity contribution in [2.45, 2.75) is 12.7 Å². The second-order valence-electron chi connectivity index (χ2n) is 5.99. The number of amides is 1. The minimum Gasteiger partial charge on any atom is -0.493 e. The highest BCUT2D eigenvalue weighted by Gasteiger charge is 2.16. The zero-order chi connectivity index (χ0) is 20.6. The van der Waals surface area contributed by atoms with Gasteiger partial charge in [-0.15, -0.1) is 11.3 Å². The SMILES string of the molecule is COc1cc(/C=C/C(=O)N[C@@H](c2ccccc2)c2cccs2)ccc1OC(F)F. The van der Waals surface area contributed by atoms with Gasteiger partial charge in [0.05, 0.1) is 13.2 Å². The molecule has 1 aromatic heterocycles. The molecular weight excluding hydrogens is 396 g/mol. The van der Waals surface area contributed by atoms with Gasteiger partial charge in [0, 0.05) is 11.0 Å². The summed E-state index contributed by atoms with van der Waals surface area (Å²) in [5, 5.41) is 4.96. The summed E-state index contributed by atoms with van der Waals surface area (Å²) >= 11 is 1.56. The van der Waals surface area contributed by atoms with Crippen LogP contribution in [-0.4, -0.2) is 19.6 Å². The highest BCUT2D eigenvalue weighted by Crippen LogP contribution is 2.30. The molecule has 150 valence electrons. The Bertz CT molecular complexity index is 959. The largest absolute Gasteiger partial charge is 0.493 e. The molecule has 0 unspecified atom stereocenters. The number of ether oxygens (including phenoxy) is 2. The van der Waals surface area contributed by atoms with E-state index in [0.29, 0.717) is 5.56 Å². The second kappa shape index (κ2) is 9.84. The molecule has 0 saturated heterocycles. The maximum Gasteiger partial charge on any atom is 0.387 e. The number of methoxy groups -OCH3 is 1. The third kappa shape index (κ3) is 5.65. The summed E-state index contributed by atoms with van der Waals surface area (Å²) in [5.41, 5.74) is 1.60. The van der Waals surface area contributed by atoms with Crippen LogP contribution in [0.2, 0.25) is 0 Å². The first-order valence-electron chi connectivity index (χ1n) is 8.76. The number of alkyl halides is 2. The van der Waals surface area contributed by atoms with Crippen molar-refractivity contribution in [2.75, 3.05) is 7.11 Å². The quantitative estimate of drug-likeness (QED) is 0.510. The molecule has 3 rings (SSSR count). The van der Waals surface area contributed by atoms with Crippen LogP contribution in [0.3, 0.4) is 0 Å². The molecule has 0 aliphatic rings. The van der Waals surface area contributed by atoms with Crippen molar-refractivity contribution < 1.29 is 23.0 Å². The molecular formula is C22H19F2NO3S. The number of halogens is 2. The number of thiophene rings is 1. The molecule has 0 aliphatic carbocycles. The van der Waals surface area contributed by atoms with E-state index in [9.17, 15) is 13.6 Å². The van der Waals surface area contributed by atoms with E-state index in [1.54, 1.807) is 23.5 Å². The average Bonchev–Trinajstić information content (AvgIpc) is 3.26. The van der Waals surface area contributed by atoms with Crippen molar-refractivity contribution in [2.24, 2.45) is 0 Å². The summed E-state index contributed by atoms with van der Waals surface area (Å²) in [7, 11) is 1.36. The van der Waals surface area contributed by atoms with Crippen LogP contribution >= 0.6 is 11.3 Å². The van der Waals surface area contributed by atoms with E-state index in [1.165, 1.54) is 25.3 Å². The third-order valence-electron chi connectivity index (χ3n) is 4.08. The monoisotopic (exact) mass is 415 g/mol. The van der Waals surface area contributed by atoms with Gasteiger partial charge in [-0.05, 0) is 40.8 Å². The Morgan fingerprint density at radius 3 is 2.52 bits per heavy atom. The fraction of sp³-hybridized carbons (Fsp3) is 0.136. The van der Waals surface area contributed by atoms with Gasteiger partial charge in [-0.3, -0.25) is 4.79 Å². The normalized spacial score (nSPS) is 12.1. The smallest absolute Gasteiger partial charge is 0.387 e. The van der Waals surface area contributed by atoms with Crippen LogP contribution < -0.4 is 14.8 Å². The van der Waals surface area contributed by atoms with Gasteiger partial charge in [0.2, 0.25) is 5.91 Å². The second-order valence-corrected chi connectivity index (χ2v) is 6.97. The Morgan fingerprint density at radius 2 is 1.86 bits per heavy atom. The molecule has 4 nitrogen and oxygen atoms in total. The number of benzene rings is 2. The predicted molar refractivity (Wildman–Crippen MR) is 109 cm³/mol. The molecule has 1 N–H and O–H groups in total. The van der Waals surface area contributed by atoms with Gasteiger partial charge >= 0.3 is 6.61 Å². The highest BCUT2D eigenvalue weighted by atomic mass is 32.1. The Morgan fingerprint density at radius 1 is 1.07 bits per heavy atom. The number of rotatable bonds is 8. The van der Waals surface area contributed by atoms with Crippen LogP contribution in [-0.2, 0) is 4.79 Å². The highest BCUT2D eigenvalue weighted by molar-refractivity contribution is 7.10. The minimum atomic E-state index is -2.94. The van der Waals surface area contributed by atoms with Crippen LogP contribution in [0.4, 0.5) is 8.78 Å². The minimum absolute atomic E-state index is 0.0639. The molecule has 0 spiro atoms. The molecule has 2 aromatic carbocycles. The van der Waals surface area contributed by atoms with Crippen LogP contribution in [0.15, 0.2) is 72.1 Å². The first-order valence-corrected chi connectivity index (χ1v) is 9.64. The van der Waals surface area contributed by atoms with E-state index in [1.807, 2.05) is 47.8 Å². The summed E-state index contributed by atoms with van der Waals surface area (Å²) < 4.78 is 34.3. The Balaban J connectivity index is 1.74. The molecule has 1 amide bonds. The molecule has 0 fully saturated rings. The molecule has 3 aromatic rings. The fourth-order valence-electron chi connectivity index (χ4n) is 2.76. The number of hydrogen-bond acceptors (Lipinski definition) is 4. The molecule has 0 bridgehead atoms. The topological polar surface area (TPSA) is 47.6 Å². The lowest BCUT2D eigenvalue weighted by Crippen LogP contribution is -2.27. The molecule has 0 radical (unpaired) electrons. The van der Waals surface area contributed by atoms with E-state index < -0.39 is 6.61 Å². The molecule has 1 heterocycles. The Kier molecular flexibility index (Phi) is 6.97. The maximum absolute atomic E-state index is 12.5. The lowest BCUT2D eigenvalue weighted by molar-refractivity contribution is -0.116. The average molecular weight is 415 g/mol. The molecule has 7 heteroatoms. The first kappa shape index (κ1) is 20.5. The van der Waals surface area contributed by atoms with Gasteiger partial charge in [-0.1, -0.05) is 42.5 Å². The van der Waals surface area contributed by atoms with E-state index in [2.05, 4.69) is 10.1 Å². The zero-order valence-electron chi connectivity index (χ0n) is 15.5. The lowest BCUT2D eigenvalue weighted by Gasteiger charge is -2.17. The first-order chi connectivity index (χ1) is 14.1. The van der Waals surface area contributed by atoms with E-state index in [0.717, 1.165) is 10.4 Å². The van der Waals surface area contributed by atoms with Crippen molar-refractivity contribution in [3.63, 3.8) is 0 Å². The van der Waals surface area contributed by atoms with Crippen LogP contribution in [0.25, 0.3) is 6.08 Å². The van der Waals surface area contributed by atoms with Crippen molar-refractivity contribution in [3.8, 4) is 11.5 Å². The van der Waals surface area contributed by atoms with Crippen molar-refractivity contribution in [1.29, 1.82) is 0 Å². The standard InChI is InChI=1S/C22H19F2NO3S/c1-27-18-14-15(9-11-17(18)28-22(23)24)10-12-20(26)25-21(19-8-5-13-29-19)16-6-3-2-4-7-16/h2-14,21-22H,1H3,(H,25,26)/b12-10+/t21-/m0/s1. The van der Waals surface area contributed by atoms with Crippen molar-refractivity contribution in [3.05, 3.63) is 88.1 Å². The van der Waals surface area contributed by atoms with E-state index in [-0.39, 0.29) is 23.4 Å². The zero-order valence-corrected chi connectivity index (χ0v) is 16.4. The lowest BCUT2D eigenvalue weighted by atomic mass is 10.1. The van der Waals surface area contributed by atoms with Crippen LogP contribution in [0.1, 0.15) is 22.0 Å². The van der Waals surface area contributed by atoms with Crippen LogP contribution in [0.5, 0.6) is 11.5 Å². The third-order valence-corrected chi connectivity index (χ3v) is 5.02. The van der Waals surface area contributed by atoms with Crippen LogP contribution in [0, 0.1) is 0 Å². The number of nitrogens with one attached hydrogen (secondary N) is 1. The van der Waals surface area contributed by atoms with Gasteiger partial charge in [0.1, 0.15) is 0 Å². The van der Waals surface area contributed by atoms with Gasteiger partial charge < -0.3 is 14.8 Å². The van der Waals surface area contributed by atoms with E-state index in [4.69, 9.17) is 4.74 Å². The molecule has 1 atom stereocenters. The summed E-state index contributed by atoms with van der Waals surface area (Å²) in [6, 6.07) is 17.8. The molecule has 0 aliphatic heterocycles.